The first-order valence-electron chi connectivity index (χ1n) is 9.55. The predicted molar refractivity (Wildman–Crippen MR) is 116 cm³/mol. The van der Waals surface area contributed by atoms with Gasteiger partial charge in [0.1, 0.15) is 12.4 Å². The Morgan fingerprint density at radius 2 is 1.76 bits per heavy atom. The zero-order valence-corrected chi connectivity index (χ0v) is 17.3. The highest BCUT2D eigenvalue weighted by atomic mass is 32.2. The number of anilines is 1. The lowest BCUT2D eigenvalue weighted by Crippen LogP contribution is -2.33. The minimum Gasteiger partial charge on any atom is -0.342 e. The van der Waals surface area contributed by atoms with Crippen LogP contribution in [0.25, 0.3) is 10.9 Å². The molecule has 2 amide bonds. The molecule has 0 saturated carbocycles. The molecule has 3 aromatic rings. The molecule has 0 atom stereocenters. The fraction of sp³-hybridized carbons (Fsp3) is 0.273. The summed E-state index contributed by atoms with van der Waals surface area (Å²) in [7, 11) is 0. The molecular weight excluding hydrogens is 389 g/mol. The second kappa shape index (κ2) is 9.60. The summed E-state index contributed by atoms with van der Waals surface area (Å²) in [5.74, 6) is -0.224. The van der Waals surface area contributed by atoms with E-state index in [2.05, 4.69) is 5.32 Å². The summed E-state index contributed by atoms with van der Waals surface area (Å²) in [6.07, 6.45) is 1.93. The number of hydrogen-bond donors (Lipinski definition) is 1. The Kier molecular flexibility index (Phi) is 6.93. The maximum Gasteiger partial charge on any atom is 0.242 e. The van der Waals surface area contributed by atoms with Gasteiger partial charge in [0.15, 0.2) is 0 Å². The van der Waals surface area contributed by atoms with Gasteiger partial charge in [0, 0.05) is 40.8 Å². The van der Waals surface area contributed by atoms with Gasteiger partial charge in [-0.25, -0.2) is 4.39 Å². The Bertz CT molecular complexity index is 997. The maximum atomic E-state index is 13.0. The summed E-state index contributed by atoms with van der Waals surface area (Å²) in [5, 5.41) is 3.78. The number of carbonyl (C=O) groups is 2. The number of rotatable bonds is 8. The molecule has 5 nitrogen and oxygen atoms in total. The van der Waals surface area contributed by atoms with E-state index >= 15 is 0 Å². The SMILES string of the molecule is CCN(CC)C(=O)Cn1cc(SCC(=O)Nc2ccc(F)cc2)c2ccccc21. The van der Waals surface area contributed by atoms with E-state index in [1.807, 2.05) is 48.9 Å². The van der Waals surface area contributed by atoms with E-state index in [4.69, 9.17) is 0 Å². The molecule has 7 heteroatoms. The molecule has 0 aliphatic carbocycles. The summed E-state index contributed by atoms with van der Waals surface area (Å²) >= 11 is 1.42. The van der Waals surface area contributed by atoms with Gasteiger partial charge in [-0.15, -0.1) is 11.8 Å². The van der Waals surface area contributed by atoms with E-state index < -0.39 is 0 Å². The summed E-state index contributed by atoms with van der Waals surface area (Å²) in [5.41, 5.74) is 1.53. The first kappa shape index (κ1) is 20.9. The molecule has 0 saturated heterocycles. The molecule has 0 bridgehead atoms. The van der Waals surface area contributed by atoms with Crippen LogP contribution in [0.5, 0.6) is 0 Å². The summed E-state index contributed by atoms with van der Waals surface area (Å²) < 4.78 is 14.9. The Morgan fingerprint density at radius 3 is 2.45 bits per heavy atom. The quantitative estimate of drug-likeness (QED) is 0.558. The molecule has 0 spiro atoms. The van der Waals surface area contributed by atoms with Crippen LogP contribution in [0, 0.1) is 5.82 Å². The smallest absolute Gasteiger partial charge is 0.242 e. The lowest BCUT2D eigenvalue weighted by molar-refractivity contribution is -0.131. The molecule has 0 aliphatic rings. The number of fused-ring (bicyclic) bond motifs is 1. The van der Waals surface area contributed by atoms with Crippen molar-refractivity contribution in [1.82, 2.24) is 9.47 Å². The largest absolute Gasteiger partial charge is 0.342 e. The van der Waals surface area contributed by atoms with Gasteiger partial charge in [0.25, 0.3) is 0 Å². The van der Waals surface area contributed by atoms with Gasteiger partial charge in [-0.3, -0.25) is 9.59 Å². The second-order valence-corrected chi connectivity index (χ2v) is 7.57. The number of hydrogen-bond acceptors (Lipinski definition) is 3. The average Bonchev–Trinajstić information content (AvgIpc) is 3.07. The van der Waals surface area contributed by atoms with Gasteiger partial charge in [-0.2, -0.15) is 0 Å². The number of thioether (sulfide) groups is 1. The van der Waals surface area contributed by atoms with E-state index in [0.717, 1.165) is 15.8 Å². The first-order chi connectivity index (χ1) is 14.0. The molecule has 3 rings (SSSR count). The zero-order chi connectivity index (χ0) is 20.8. The highest BCUT2D eigenvalue weighted by Gasteiger charge is 2.15. The average molecular weight is 414 g/mol. The van der Waals surface area contributed by atoms with Crippen LogP contribution in [0.4, 0.5) is 10.1 Å². The molecule has 1 N–H and O–H groups in total. The van der Waals surface area contributed by atoms with Crippen LogP contribution >= 0.6 is 11.8 Å². The number of aromatic nitrogens is 1. The lowest BCUT2D eigenvalue weighted by atomic mass is 10.2. The molecule has 0 fully saturated rings. The van der Waals surface area contributed by atoms with Crippen molar-refractivity contribution in [1.29, 1.82) is 0 Å². The van der Waals surface area contributed by atoms with Crippen LogP contribution in [0.1, 0.15) is 13.8 Å². The normalized spacial score (nSPS) is 10.9. The van der Waals surface area contributed by atoms with Crippen molar-refractivity contribution in [2.75, 3.05) is 24.2 Å². The third-order valence-electron chi connectivity index (χ3n) is 4.66. The Hall–Kier alpha value is -2.80. The van der Waals surface area contributed by atoms with Gasteiger partial charge >= 0.3 is 0 Å². The van der Waals surface area contributed by atoms with Crippen LogP contribution in [-0.4, -0.2) is 40.1 Å². The standard InChI is InChI=1S/C22H24FN3O2S/c1-3-25(4-2)22(28)14-26-13-20(18-7-5-6-8-19(18)26)29-15-21(27)24-17-11-9-16(23)10-12-17/h5-13H,3-4,14-15H2,1-2H3,(H,24,27). The van der Waals surface area contributed by atoms with Gasteiger partial charge < -0.3 is 14.8 Å². The van der Waals surface area contributed by atoms with Crippen molar-refractivity contribution in [2.24, 2.45) is 0 Å². The lowest BCUT2D eigenvalue weighted by Gasteiger charge is -2.19. The molecule has 152 valence electrons. The number of likely N-dealkylation sites (N-methyl/N-ethyl adjacent to an activating group) is 1. The summed E-state index contributed by atoms with van der Waals surface area (Å²) in [4.78, 5) is 27.5. The number of benzene rings is 2. The second-order valence-electron chi connectivity index (χ2n) is 6.55. The monoisotopic (exact) mass is 413 g/mol. The third-order valence-corrected chi connectivity index (χ3v) is 5.70. The number of amides is 2. The van der Waals surface area contributed by atoms with E-state index in [1.165, 1.54) is 36.0 Å². The molecule has 0 aliphatic heterocycles. The Morgan fingerprint density at radius 1 is 1.07 bits per heavy atom. The third kappa shape index (κ3) is 5.17. The van der Waals surface area contributed by atoms with E-state index in [-0.39, 0.29) is 29.9 Å². The minimum absolute atomic E-state index is 0.0707. The minimum atomic E-state index is -0.343. The number of nitrogens with zero attached hydrogens (tertiary/aromatic N) is 2. The van der Waals surface area contributed by atoms with E-state index in [1.54, 1.807) is 4.90 Å². The highest BCUT2D eigenvalue weighted by Crippen LogP contribution is 2.30. The van der Waals surface area contributed by atoms with Gasteiger partial charge in [0.2, 0.25) is 11.8 Å². The first-order valence-corrected chi connectivity index (χ1v) is 10.5. The van der Waals surface area contributed by atoms with Gasteiger partial charge in [-0.1, -0.05) is 18.2 Å². The molecule has 0 radical (unpaired) electrons. The molecular formula is C22H24FN3O2S. The van der Waals surface area contributed by atoms with Crippen LogP contribution < -0.4 is 5.32 Å². The van der Waals surface area contributed by atoms with Crippen molar-refractivity contribution in [3.63, 3.8) is 0 Å². The zero-order valence-electron chi connectivity index (χ0n) is 16.5. The molecule has 1 heterocycles. The van der Waals surface area contributed by atoms with E-state index in [0.29, 0.717) is 18.8 Å². The van der Waals surface area contributed by atoms with Crippen LogP contribution in [0.2, 0.25) is 0 Å². The van der Waals surface area contributed by atoms with E-state index in [9.17, 15) is 14.0 Å². The van der Waals surface area contributed by atoms with Crippen molar-refractivity contribution in [3.8, 4) is 0 Å². The number of carbonyl (C=O) groups excluding carboxylic acids is 2. The Labute approximate surface area is 173 Å². The molecule has 1 aromatic heterocycles. The number of halogens is 1. The van der Waals surface area contributed by atoms with Crippen LogP contribution in [0.15, 0.2) is 59.6 Å². The summed E-state index contributed by atoms with van der Waals surface area (Å²) in [6, 6.07) is 13.5. The maximum absolute atomic E-state index is 13.0. The van der Waals surface area contributed by atoms with Crippen molar-refractivity contribution < 1.29 is 14.0 Å². The topological polar surface area (TPSA) is 54.3 Å². The number of nitrogens with one attached hydrogen (secondary N) is 1. The van der Waals surface area contributed by atoms with Gasteiger partial charge in [-0.05, 0) is 44.2 Å². The van der Waals surface area contributed by atoms with Crippen LogP contribution in [-0.2, 0) is 16.1 Å². The highest BCUT2D eigenvalue weighted by molar-refractivity contribution is 8.00. The molecule has 2 aromatic carbocycles. The van der Waals surface area contributed by atoms with Crippen molar-refractivity contribution in [3.05, 3.63) is 60.5 Å². The predicted octanol–water partition coefficient (Wildman–Crippen LogP) is 4.38. The van der Waals surface area contributed by atoms with Crippen molar-refractivity contribution >= 4 is 40.2 Å². The fourth-order valence-corrected chi connectivity index (χ4v) is 4.04. The Balaban J connectivity index is 1.71. The summed E-state index contributed by atoms with van der Waals surface area (Å²) in [6.45, 7) is 5.57. The molecule has 0 unspecified atom stereocenters. The van der Waals surface area contributed by atoms with Gasteiger partial charge in [0.05, 0.1) is 5.75 Å². The number of para-hydroxylation sites is 1. The fourth-order valence-electron chi connectivity index (χ4n) is 3.15. The molecule has 29 heavy (non-hydrogen) atoms. The van der Waals surface area contributed by atoms with Crippen LogP contribution in [0.3, 0.4) is 0 Å². The van der Waals surface area contributed by atoms with Crippen molar-refractivity contribution in [2.45, 2.75) is 25.3 Å².